The third-order valence-electron chi connectivity index (χ3n) is 10.6. The Hall–Kier alpha value is -7.30. The van der Waals surface area contributed by atoms with Crippen LogP contribution in [0.5, 0.6) is 0 Å². The number of para-hydroxylation sites is 1. The van der Waals surface area contributed by atoms with Crippen molar-refractivity contribution in [3.63, 3.8) is 0 Å². The van der Waals surface area contributed by atoms with Crippen LogP contribution in [0.1, 0.15) is 17.9 Å². The molecule has 0 aliphatic heterocycles. The molecule has 1 aliphatic rings. The van der Waals surface area contributed by atoms with Crippen LogP contribution >= 0.6 is 0 Å². The van der Waals surface area contributed by atoms with E-state index in [1.807, 2.05) is 48.5 Å². The molecule has 0 radical (unpaired) electrons. The lowest BCUT2D eigenvalue weighted by Gasteiger charge is -2.30. The van der Waals surface area contributed by atoms with Gasteiger partial charge >= 0.3 is 0 Å². The molecule has 10 rings (SSSR count). The molecule has 0 saturated carbocycles. The molecule has 9 aromatic rings. The molecule has 2 aromatic heterocycles. The predicted molar refractivity (Wildman–Crippen MR) is 231 cm³/mol. The number of aromatic nitrogens is 2. The minimum atomic E-state index is 0.312. The van der Waals surface area contributed by atoms with Crippen molar-refractivity contribution in [2.24, 2.45) is 0 Å². The number of fused-ring (bicyclic) bond motifs is 3. The van der Waals surface area contributed by atoms with Crippen molar-refractivity contribution < 1.29 is 4.42 Å². The van der Waals surface area contributed by atoms with E-state index in [2.05, 4.69) is 163 Å². The molecule has 0 spiro atoms. The minimum absolute atomic E-state index is 0.312. The van der Waals surface area contributed by atoms with Crippen LogP contribution in [0.4, 0.5) is 11.4 Å². The molecule has 1 aliphatic carbocycles. The maximum atomic E-state index is 6.85. The fourth-order valence-electron chi connectivity index (χ4n) is 7.84. The van der Waals surface area contributed by atoms with E-state index in [0.29, 0.717) is 11.7 Å². The third kappa shape index (κ3) is 6.27. The first-order chi connectivity index (χ1) is 27.8. The number of anilines is 2. The van der Waals surface area contributed by atoms with Crippen molar-refractivity contribution in [3.05, 3.63) is 218 Å². The van der Waals surface area contributed by atoms with Gasteiger partial charge in [-0.05, 0) is 65.6 Å². The van der Waals surface area contributed by atoms with Gasteiger partial charge in [-0.1, -0.05) is 164 Å². The van der Waals surface area contributed by atoms with Crippen LogP contribution in [-0.2, 0) is 0 Å². The van der Waals surface area contributed by atoms with Crippen molar-refractivity contribution in [2.45, 2.75) is 12.3 Å². The first-order valence-electron chi connectivity index (χ1n) is 19.1. The van der Waals surface area contributed by atoms with Gasteiger partial charge in [-0.15, -0.1) is 0 Å². The van der Waals surface area contributed by atoms with Gasteiger partial charge < -0.3 is 9.32 Å². The van der Waals surface area contributed by atoms with E-state index < -0.39 is 0 Å². The maximum absolute atomic E-state index is 6.85. The number of allylic oxidation sites excluding steroid dienone is 3. The molecule has 4 heteroatoms. The van der Waals surface area contributed by atoms with Gasteiger partial charge in [0, 0.05) is 33.8 Å². The van der Waals surface area contributed by atoms with Crippen molar-refractivity contribution in [1.82, 2.24) is 9.97 Å². The van der Waals surface area contributed by atoms with Gasteiger partial charge in [0.15, 0.2) is 5.82 Å². The molecule has 56 heavy (non-hydrogen) atoms. The van der Waals surface area contributed by atoms with Crippen LogP contribution < -0.4 is 4.90 Å². The fourth-order valence-corrected chi connectivity index (χ4v) is 7.84. The maximum Gasteiger partial charge on any atom is 0.164 e. The molecule has 7 aromatic carbocycles. The highest BCUT2D eigenvalue weighted by Crippen LogP contribution is 2.46. The highest BCUT2D eigenvalue weighted by atomic mass is 16.3. The highest BCUT2D eigenvalue weighted by molar-refractivity contribution is 6.16. The SMILES string of the molecule is C1=CC(c2ccccc2)CC=C1N(c1ccc(-c2ccccc2)cc1)c1ccc(-c2nc(-c3ccccc3)cc(-c3ccccc3)n2)c2oc3ccccc3c12. The molecule has 0 N–H and O–H groups in total. The molecular formula is C52H37N3O. The molecule has 4 nitrogen and oxygen atoms in total. The van der Waals surface area contributed by atoms with E-state index in [0.717, 1.165) is 73.5 Å². The molecule has 2 heterocycles. The Kier molecular flexibility index (Phi) is 8.62. The smallest absolute Gasteiger partial charge is 0.164 e. The van der Waals surface area contributed by atoms with E-state index in [1.54, 1.807) is 0 Å². The zero-order valence-corrected chi connectivity index (χ0v) is 30.7. The number of nitrogens with zero attached hydrogens (tertiary/aromatic N) is 3. The van der Waals surface area contributed by atoms with Crippen molar-refractivity contribution >= 4 is 33.3 Å². The number of benzene rings is 7. The Morgan fingerprint density at radius 1 is 0.536 bits per heavy atom. The third-order valence-corrected chi connectivity index (χ3v) is 10.6. The summed E-state index contributed by atoms with van der Waals surface area (Å²) in [7, 11) is 0. The fraction of sp³-hybridized carbons (Fsp3) is 0.0385. The Morgan fingerprint density at radius 2 is 1.11 bits per heavy atom. The van der Waals surface area contributed by atoms with Crippen LogP contribution in [0.2, 0.25) is 0 Å². The van der Waals surface area contributed by atoms with Crippen LogP contribution in [0.25, 0.3) is 67.0 Å². The lowest BCUT2D eigenvalue weighted by Crippen LogP contribution is -2.17. The summed E-state index contributed by atoms with van der Waals surface area (Å²) in [4.78, 5) is 12.8. The molecule has 1 atom stereocenters. The zero-order valence-electron chi connectivity index (χ0n) is 30.7. The second-order valence-electron chi connectivity index (χ2n) is 14.1. The Bertz CT molecular complexity index is 2800. The summed E-state index contributed by atoms with van der Waals surface area (Å²) < 4.78 is 6.85. The lowest BCUT2D eigenvalue weighted by atomic mass is 9.91. The van der Waals surface area contributed by atoms with E-state index >= 15 is 0 Å². The first kappa shape index (κ1) is 33.3. The standard InChI is InChI=1S/C52H37N3O/c1-5-15-36(16-6-1)38-25-29-42(30-26-38)55(43-31-27-39(28-32-43)37-17-7-2-8-18-37)48-34-33-45(51-50(48)44-23-13-14-24-49(44)56-51)52-53-46(40-19-9-3-10-20-40)35-47(54-52)41-21-11-4-12-22-41/h1-27,29-35,39H,28H2. The van der Waals surface area contributed by atoms with E-state index in [9.17, 15) is 0 Å². The Labute approximate surface area is 326 Å². The largest absolute Gasteiger partial charge is 0.455 e. The van der Waals surface area contributed by atoms with Crippen molar-refractivity contribution in [3.8, 4) is 45.0 Å². The Morgan fingerprint density at radius 3 is 1.73 bits per heavy atom. The monoisotopic (exact) mass is 719 g/mol. The summed E-state index contributed by atoms with van der Waals surface area (Å²) in [5, 5.41) is 2.05. The predicted octanol–water partition coefficient (Wildman–Crippen LogP) is 13.8. The van der Waals surface area contributed by atoms with Crippen molar-refractivity contribution in [1.29, 1.82) is 0 Å². The number of rotatable bonds is 8. The normalized spacial score (nSPS) is 13.9. The average molecular weight is 720 g/mol. The molecule has 0 bridgehead atoms. The van der Waals surface area contributed by atoms with Crippen LogP contribution in [0.15, 0.2) is 216 Å². The molecule has 0 saturated heterocycles. The summed E-state index contributed by atoms with van der Waals surface area (Å²) >= 11 is 0. The summed E-state index contributed by atoms with van der Waals surface area (Å²) in [6.45, 7) is 0. The van der Waals surface area contributed by atoms with Gasteiger partial charge in [-0.2, -0.15) is 0 Å². The summed E-state index contributed by atoms with van der Waals surface area (Å²) in [5.41, 5.74) is 13.0. The van der Waals surface area contributed by atoms with Gasteiger partial charge in [-0.25, -0.2) is 9.97 Å². The summed E-state index contributed by atoms with van der Waals surface area (Å²) in [6.07, 6.45) is 7.86. The second-order valence-corrected chi connectivity index (χ2v) is 14.1. The van der Waals surface area contributed by atoms with Gasteiger partial charge in [0.2, 0.25) is 0 Å². The molecule has 1 unspecified atom stereocenters. The van der Waals surface area contributed by atoms with Crippen LogP contribution in [0.3, 0.4) is 0 Å². The highest BCUT2D eigenvalue weighted by Gasteiger charge is 2.25. The zero-order chi connectivity index (χ0) is 37.3. The second kappa shape index (κ2) is 14.5. The lowest BCUT2D eigenvalue weighted by molar-refractivity contribution is 0.669. The van der Waals surface area contributed by atoms with Gasteiger partial charge in [0.1, 0.15) is 11.2 Å². The van der Waals surface area contributed by atoms with Crippen molar-refractivity contribution in [2.75, 3.05) is 4.90 Å². The molecular weight excluding hydrogens is 683 g/mol. The number of furan rings is 1. The summed E-state index contributed by atoms with van der Waals surface area (Å²) in [5.74, 6) is 0.925. The van der Waals surface area contributed by atoms with Gasteiger partial charge in [0.25, 0.3) is 0 Å². The van der Waals surface area contributed by atoms with Gasteiger partial charge in [0.05, 0.1) is 28.0 Å². The van der Waals surface area contributed by atoms with Gasteiger partial charge in [-0.3, -0.25) is 0 Å². The summed E-state index contributed by atoms with van der Waals surface area (Å²) in [6, 6.07) is 65.5. The number of hydrogen-bond acceptors (Lipinski definition) is 4. The van der Waals surface area contributed by atoms with E-state index in [1.165, 1.54) is 16.7 Å². The Balaban J connectivity index is 1.17. The molecule has 0 fully saturated rings. The van der Waals surface area contributed by atoms with E-state index in [4.69, 9.17) is 14.4 Å². The van der Waals surface area contributed by atoms with E-state index in [-0.39, 0.29) is 0 Å². The average Bonchev–Trinajstić information content (AvgIpc) is 3.68. The topological polar surface area (TPSA) is 42.2 Å². The quantitative estimate of drug-likeness (QED) is 0.157. The minimum Gasteiger partial charge on any atom is -0.455 e. The van der Waals surface area contributed by atoms with Crippen LogP contribution in [-0.4, -0.2) is 9.97 Å². The van der Waals surface area contributed by atoms with Crippen LogP contribution in [0, 0.1) is 0 Å². The number of hydrogen-bond donors (Lipinski definition) is 0. The molecule has 0 amide bonds. The first-order valence-corrected chi connectivity index (χ1v) is 19.1. The molecule has 266 valence electrons.